The summed E-state index contributed by atoms with van der Waals surface area (Å²) in [6, 6.07) is 0. The maximum Gasteiger partial charge on any atom is 0.306 e. The molecule has 0 radical (unpaired) electrons. The lowest BCUT2D eigenvalue weighted by atomic mass is 10.0. The normalized spacial score (nSPS) is 12.3. The molecule has 1 atom stereocenters. The van der Waals surface area contributed by atoms with E-state index < -0.39 is 6.10 Å². The van der Waals surface area contributed by atoms with Crippen molar-refractivity contribution in [2.45, 2.75) is 238 Å². The molecule has 294 valence electrons. The number of aliphatic hydroxyl groups excluding tert-OH is 1. The maximum absolute atomic E-state index is 12.2. The first-order valence-corrected chi connectivity index (χ1v) is 21.9. The molecule has 1 unspecified atom stereocenters. The molecule has 50 heavy (non-hydrogen) atoms. The summed E-state index contributed by atoms with van der Waals surface area (Å²) in [5.41, 5.74) is 0. The minimum atomic E-state index is -0.769. The van der Waals surface area contributed by atoms with E-state index in [1.165, 1.54) is 161 Å². The monoisotopic (exact) mass is 705 g/mol. The topological polar surface area (TPSA) is 72.8 Å². The first kappa shape index (κ1) is 48.4. The van der Waals surface area contributed by atoms with E-state index in [9.17, 15) is 14.7 Å². The number of hydrogen-bond donors (Lipinski definition) is 1. The molecule has 0 saturated heterocycles. The number of aliphatic hydroxyl groups is 1. The van der Waals surface area contributed by atoms with Crippen molar-refractivity contribution >= 4 is 11.9 Å². The van der Waals surface area contributed by atoms with Crippen LogP contribution in [-0.4, -0.2) is 36.4 Å². The van der Waals surface area contributed by atoms with E-state index in [4.69, 9.17) is 9.47 Å². The predicted molar refractivity (Wildman–Crippen MR) is 215 cm³/mol. The zero-order chi connectivity index (χ0) is 36.4. The fourth-order valence-electron chi connectivity index (χ4n) is 6.41. The first-order chi connectivity index (χ1) is 24.6. The number of allylic oxidation sites excluding steroid dienone is 4. The SMILES string of the molecule is CCCCCCC/C=C\C/C=C\CCCCCCCCCCCC(=O)OC(CO)COC(=O)CCCCCCCCCCCCCCCCC. The molecule has 0 heterocycles. The number of carbonyl (C=O) groups excluding carboxylic acids is 2. The Kier molecular flexibility index (Phi) is 40.4. The van der Waals surface area contributed by atoms with E-state index in [-0.39, 0.29) is 25.2 Å². The number of hydrogen-bond acceptors (Lipinski definition) is 5. The molecule has 5 heteroatoms. The number of rotatable bonds is 40. The molecule has 0 aliphatic rings. The molecule has 0 aromatic carbocycles. The van der Waals surface area contributed by atoms with E-state index in [1.807, 2.05) is 0 Å². The minimum Gasteiger partial charge on any atom is -0.462 e. The van der Waals surface area contributed by atoms with Crippen molar-refractivity contribution in [2.75, 3.05) is 13.2 Å². The Morgan fingerprint density at radius 1 is 0.460 bits per heavy atom. The smallest absolute Gasteiger partial charge is 0.306 e. The van der Waals surface area contributed by atoms with Gasteiger partial charge in [0.1, 0.15) is 6.61 Å². The van der Waals surface area contributed by atoms with E-state index in [2.05, 4.69) is 38.2 Å². The molecule has 5 nitrogen and oxygen atoms in total. The zero-order valence-corrected chi connectivity index (χ0v) is 33.4. The van der Waals surface area contributed by atoms with Gasteiger partial charge < -0.3 is 14.6 Å². The van der Waals surface area contributed by atoms with Crippen LogP contribution in [-0.2, 0) is 19.1 Å². The largest absolute Gasteiger partial charge is 0.462 e. The Morgan fingerprint density at radius 2 is 0.800 bits per heavy atom. The summed E-state index contributed by atoms with van der Waals surface area (Å²) in [4.78, 5) is 24.3. The van der Waals surface area contributed by atoms with Crippen LogP contribution in [0.3, 0.4) is 0 Å². The molecule has 0 aromatic heterocycles. The third-order valence-corrected chi connectivity index (χ3v) is 9.75. The zero-order valence-electron chi connectivity index (χ0n) is 33.4. The highest BCUT2D eigenvalue weighted by molar-refractivity contribution is 5.70. The van der Waals surface area contributed by atoms with E-state index in [0.29, 0.717) is 12.8 Å². The highest BCUT2D eigenvalue weighted by Crippen LogP contribution is 2.15. The fraction of sp³-hybridized carbons (Fsp3) is 0.867. The van der Waals surface area contributed by atoms with Gasteiger partial charge in [0.2, 0.25) is 0 Å². The molecule has 1 N–H and O–H groups in total. The Balaban J connectivity index is 3.51. The maximum atomic E-state index is 12.2. The Hall–Kier alpha value is -1.62. The summed E-state index contributed by atoms with van der Waals surface area (Å²) in [7, 11) is 0. The van der Waals surface area contributed by atoms with Gasteiger partial charge in [0.05, 0.1) is 6.61 Å². The average molecular weight is 705 g/mol. The van der Waals surface area contributed by atoms with Gasteiger partial charge in [-0.3, -0.25) is 9.59 Å². The van der Waals surface area contributed by atoms with E-state index in [0.717, 1.165) is 44.9 Å². The molecule has 0 bridgehead atoms. The van der Waals surface area contributed by atoms with Gasteiger partial charge in [0, 0.05) is 12.8 Å². The second-order valence-corrected chi connectivity index (χ2v) is 14.8. The van der Waals surface area contributed by atoms with Crippen LogP contribution in [0.5, 0.6) is 0 Å². The van der Waals surface area contributed by atoms with Crippen LogP contribution in [0.15, 0.2) is 24.3 Å². The summed E-state index contributed by atoms with van der Waals surface area (Å²) < 4.78 is 10.6. The van der Waals surface area contributed by atoms with E-state index >= 15 is 0 Å². The third-order valence-electron chi connectivity index (χ3n) is 9.75. The second-order valence-electron chi connectivity index (χ2n) is 14.8. The molecule has 0 fully saturated rings. The summed E-state index contributed by atoms with van der Waals surface area (Å²) in [6.45, 7) is 4.15. The molecule has 0 rings (SSSR count). The predicted octanol–water partition coefficient (Wildman–Crippen LogP) is 13.8. The molecule has 0 aromatic rings. The Morgan fingerprint density at radius 3 is 1.18 bits per heavy atom. The van der Waals surface area contributed by atoms with Gasteiger partial charge in [0.25, 0.3) is 0 Å². The number of carbonyl (C=O) groups is 2. The molecular weight excluding hydrogens is 620 g/mol. The van der Waals surface area contributed by atoms with Crippen molar-refractivity contribution in [3.63, 3.8) is 0 Å². The number of unbranched alkanes of at least 4 members (excludes halogenated alkanes) is 28. The molecule has 0 saturated carbocycles. The van der Waals surface area contributed by atoms with Crippen LogP contribution in [0.2, 0.25) is 0 Å². The quantitative estimate of drug-likeness (QED) is 0.0390. The molecule has 0 aliphatic heterocycles. The first-order valence-electron chi connectivity index (χ1n) is 21.9. The van der Waals surface area contributed by atoms with Gasteiger partial charge in [-0.05, 0) is 44.9 Å². The van der Waals surface area contributed by atoms with Crippen LogP contribution < -0.4 is 0 Å². The molecule has 0 spiro atoms. The second kappa shape index (κ2) is 41.8. The molecule has 0 amide bonds. The van der Waals surface area contributed by atoms with Gasteiger partial charge in [-0.15, -0.1) is 0 Å². The summed E-state index contributed by atoms with van der Waals surface area (Å²) in [6.07, 6.45) is 49.6. The van der Waals surface area contributed by atoms with Crippen molar-refractivity contribution in [3.05, 3.63) is 24.3 Å². The molecule has 0 aliphatic carbocycles. The van der Waals surface area contributed by atoms with Crippen molar-refractivity contribution in [3.8, 4) is 0 Å². The van der Waals surface area contributed by atoms with Gasteiger partial charge in [-0.25, -0.2) is 0 Å². The number of esters is 2. The standard InChI is InChI=1S/C45H84O5/c1-3-5-7-9-11-13-15-17-19-20-21-22-23-24-26-28-30-32-34-36-38-40-45(48)50-43(41-46)42-49-44(47)39-37-35-33-31-29-27-25-18-16-14-12-10-8-6-4-2/h15,17,20-21,43,46H,3-14,16,18-19,22-42H2,1-2H3/b17-15-,21-20-. The van der Waals surface area contributed by atoms with Crippen LogP contribution in [0.4, 0.5) is 0 Å². The highest BCUT2D eigenvalue weighted by atomic mass is 16.6. The van der Waals surface area contributed by atoms with Gasteiger partial charge in [-0.1, -0.05) is 199 Å². The molecular formula is C45H84O5. The lowest BCUT2D eigenvalue weighted by molar-refractivity contribution is -0.161. The van der Waals surface area contributed by atoms with Crippen LogP contribution >= 0.6 is 0 Å². The Bertz CT molecular complexity index is 761. The minimum absolute atomic E-state index is 0.0627. The third kappa shape index (κ3) is 39.2. The van der Waals surface area contributed by atoms with Gasteiger partial charge in [-0.2, -0.15) is 0 Å². The average Bonchev–Trinajstić information content (AvgIpc) is 3.12. The van der Waals surface area contributed by atoms with Crippen molar-refractivity contribution in [1.82, 2.24) is 0 Å². The lowest BCUT2D eigenvalue weighted by Gasteiger charge is -2.15. The van der Waals surface area contributed by atoms with Crippen LogP contribution in [0, 0.1) is 0 Å². The van der Waals surface area contributed by atoms with Gasteiger partial charge in [0.15, 0.2) is 6.10 Å². The number of ether oxygens (including phenoxy) is 2. The summed E-state index contributed by atoms with van der Waals surface area (Å²) in [5, 5.41) is 9.58. The summed E-state index contributed by atoms with van der Waals surface area (Å²) >= 11 is 0. The van der Waals surface area contributed by atoms with Crippen LogP contribution in [0.25, 0.3) is 0 Å². The Labute approximate surface area is 311 Å². The highest BCUT2D eigenvalue weighted by Gasteiger charge is 2.16. The van der Waals surface area contributed by atoms with Crippen molar-refractivity contribution in [2.24, 2.45) is 0 Å². The van der Waals surface area contributed by atoms with Gasteiger partial charge >= 0.3 is 11.9 Å². The van der Waals surface area contributed by atoms with Crippen molar-refractivity contribution in [1.29, 1.82) is 0 Å². The van der Waals surface area contributed by atoms with E-state index in [1.54, 1.807) is 0 Å². The van der Waals surface area contributed by atoms with Crippen molar-refractivity contribution < 1.29 is 24.2 Å². The lowest BCUT2D eigenvalue weighted by Crippen LogP contribution is -2.28. The van der Waals surface area contributed by atoms with Crippen LogP contribution in [0.1, 0.15) is 232 Å². The fourth-order valence-corrected chi connectivity index (χ4v) is 6.41. The summed E-state index contributed by atoms with van der Waals surface area (Å²) in [5.74, 6) is -0.585.